The third-order valence-corrected chi connectivity index (χ3v) is 2.09. The maximum Gasteiger partial charge on any atom is 0.390 e. The van der Waals surface area contributed by atoms with Gasteiger partial charge in [0.2, 0.25) is 0 Å². The van der Waals surface area contributed by atoms with Gasteiger partial charge in [0.15, 0.2) is 0 Å². The molecule has 104 valence electrons. The van der Waals surface area contributed by atoms with Gasteiger partial charge in [0.05, 0.1) is 19.1 Å². The van der Waals surface area contributed by atoms with Crippen molar-refractivity contribution in [1.29, 1.82) is 0 Å². The smallest absolute Gasteiger partial charge is 0.390 e. The molecule has 17 heavy (non-hydrogen) atoms. The zero-order chi connectivity index (χ0) is 13.7. The maximum atomic E-state index is 12.1. The summed E-state index contributed by atoms with van der Waals surface area (Å²) in [7, 11) is 0. The molecule has 0 aliphatic carbocycles. The minimum absolute atomic E-state index is 0.0594. The van der Waals surface area contributed by atoms with E-state index >= 15 is 0 Å². The fourth-order valence-electron chi connectivity index (χ4n) is 1.55. The van der Waals surface area contributed by atoms with Gasteiger partial charge in [-0.25, -0.2) is 0 Å². The molecule has 0 saturated carbocycles. The van der Waals surface area contributed by atoms with Gasteiger partial charge in [0.1, 0.15) is 0 Å². The Kier molecular flexibility index (Phi) is 6.43. The van der Waals surface area contributed by atoms with E-state index in [9.17, 15) is 18.3 Å². The Morgan fingerprint density at radius 1 is 1.18 bits per heavy atom. The molecule has 0 amide bonds. The molecule has 0 aromatic rings. The lowest BCUT2D eigenvalue weighted by Crippen LogP contribution is -2.41. The molecule has 0 fully saturated rings. The molecule has 0 rings (SSSR count). The lowest BCUT2D eigenvalue weighted by atomic mass is 9.96. The minimum atomic E-state index is -4.19. The summed E-state index contributed by atoms with van der Waals surface area (Å²) in [4.78, 5) is 1.54. The molecule has 0 aliphatic heterocycles. The van der Waals surface area contributed by atoms with Crippen molar-refractivity contribution in [2.75, 3.05) is 26.2 Å². The highest BCUT2D eigenvalue weighted by Crippen LogP contribution is 2.22. The van der Waals surface area contributed by atoms with Crippen LogP contribution in [-0.2, 0) is 0 Å². The summed E-state index contributed by atoms with van der Waals surface area (Å²) < 4.78 is 36.4. The van der Waals surface area contributed by atoms with E-state index in [0.29, 0.717) is 6.54 Å². The fourth-order valence-corrected chi connectivity index (χ4v) is 1.55. The predicted octanol–water partition coefficient (Wildman–Crippen LogP) is 1.64. The highest BCUT2D eigenvalue weighted by atomic mass is 19.4. The molecule has 3 nitrogen and oxygen atoms in total. The summed E-state index contributed by atoms with van der Waals surface area (Å²) in [6.45, 7) is 5.66. The van der Waals surface area contributed by atoms with Gasteiger partial charge < -0.3 is 10.2 Å². The van der Waals surface area contributed by atoms with Gasteiger partial charge in [0, 0.05) is 19.6 Å². The molecule has 0 spiro atoms. The van der Waals surface area contributed by atoms with Crippen LogP contribution in [0.15, 0.2) is 0 Å². The Morgan fingerprint density at radius 3 is 2.06 bits per heavy atom. The number of halogens is 3. The average Bonchev–Trinajstić information content (AvgIpc) is 2.10. The highest BCUT2D eigenvalue weighted by Gasteiger charge is 2.29. The van der Waals surface area contributed by atoms with Crippen molar-refractivity contribution in [2.45, 2.75) is 39.5 Å². The van der Waals surface area contributed by atoms with Crippen LogP contribution in [0.4, 0.5) is 13.2 Å². The van der Waals surface area contributed by atoms with E-state index < -0.39 is 25.3 Å². The largest absolute Gasteiger partial charge is 0.394 e. The second-order valence-electron chi connectivity index (χ2n) is 5.50. The number of aliphatic hydroxyl groups is 2. The van der Waals surface area contributed by atoms with Crippen LogP contribution in [0.2, 0.25) is 0 Å². The Bertz CT molecular complexity index is 214. The summed E-state index contributed by atoms with van der Waals surface area (Å²) in [5.41, 5.74) is -0.152. The van der Waals surface area contributed by atoms with E-state index in [0.717, 1.165) is 0 Å². The zero-order valence-corrected chi connectivity index (χ0v) is 10.6. The number of nitrogens with zero attached hydrogens (tertiary/aromatic N) is 1. The van der Waals surface area contributed by atoms with E-state index in [1.807, 2.05) is 20.8 Å². The summed E-state index contributed by atoms with van der Waals surface area (Å²) >= 11 is 0. The second-order valence-corrected chi connectivity index (χ2v) is 5.50. The Labute approximate surface area is 100 Å². The van der Waals surface area contributed by atoms with E-state index in [1.54, 1.807) is 0 Å². The topological polar surface area (TPSA) is 43.7 Å². The number of hydrogen-bond donors (Lipinski definition) is 2. The van der Waals surface area contributed by atoms with Crippen LogP contribution in [0, 0.1) is 5.41 Å². The maximum absolute atomic E-state index is 12.1. The van der Waals surface area contributed by atoms with Gasteiger partial charge in [-0.1, -0.05) is 20.8 Å². The standard InChI is InChI=1S/C11H22F3NO2/c1-10(2,3)8-15(6-9(17)7-16)5-4-11(12,13)14/h9,16-17H,4-8H2,1-3H3/t9-/m0/s1. The summed E-state index contributed by atoms with van der Waals surface area (Å²) in [5.74, 6) is 0. The van der Waals surface area contributed by atoms with Gasteiger partial charge in [-0.15, -0.1) is 0 Å². The lowest BCUT2D eigenvalue weighted by Gasteiger charge is -2.31. The molecule has 6 heteroatoms. The number of alkyl halides is 3. The van der Waals surface area contributed by atoms with Crippen molar-refractivity contribution in [2.24, 2.45) is 5.41 Å². The lowest BCUT2D eigenvalue weighted by molar-refractivity contribution is -0.139. The molecule has 0 heterocycles. The molecular weight excluding hydrogens is 235 g/mol. The molecule has 0 aromatic heterocycles. The first-order chi connectivity index (χ1) is 7.53. The van der Waals surface area contributed by atoms with Crippen LogP contribution < -0.4 is 0 Å². The second kappa shape index (κ2) is 6.56. The fraction of sp³-hybridized carbons (Fsp3) is 1.00. The van der Waals surface area contributed by atoms with Crippen molar-refractivity contribution in [3.8, 4) is 0 Å². The van der Waals surface area contributed by atoms with E-state index in [4.69, 9.17) is 5.11 Å². The summed E-state index contributed by atoms with van der Waals surface area (Å²) in [6, 6.07) is 0. The van der Waals surface area contributed by atoms with Gasteiger partial charge in [-0.3, -0.25) is 4.90 Å². The van der Waals surface area contributed by atoms with Gasteiger partial charge in [0.25, 0.3) is 0 Å². The summed E-state index contributed by atoms with van der Waals surface area (Å²) in [6.07, 6.45) is -6.09. The molecule has 0 bridgehead atoms. The van der Waals surface area contributed by atoms with E-state index in [-0.39, 0.29) is 18.5 Å². The molecule has 0 saturated heterocycles. The average molecular weight is 257 g/mol. The monoisotopic (exact) mass is 257 g/mol. The molecule has 0 aliphatic rings. The van der Waals surface area contributed by atoms with Crippen molar-refractivity contribution in [3.05, 3.63) is 0 Å². The van der Waals surface area contributed by atoms with Crippen LogP contribution in [-0.4, -0.2) is 53.6 Å². The van der Waals surface area contributed by atoms with Gasteiger partial charge in [-0.05, 0) is 5.41 Å². The Hall–Kier alpha value is -0.330. The quantitative estimate of drug-likeness (QED) is 0.760. The SMILES string of the molecule is CC(C)(C)CN(CCC(F)(F)F)C[C@H](O)CO. The first-order valence-electron chi connectivity index (χ1n) is 5.61. The van der Waals surface area contributed by atoms with Gasteiger partial charge >= 0.3 is 6.18 Å². The van der Waals surface area contributed by atoms with Crippen LogP contribution in [0.1, 0.15) is 27.2 Å². The van der Waals surface area contributed by atoms with Crippen molar-refractivity contribution < 1.29 is 23.4 Å². The van der Waals surface area contributed by atoms with Crippen molar-refractivity contribution in [3.63, 3.8) is 0 Å². The molecular formula is C11H22F3NO2. The van der Waals surface area contributed by atoms with E-state index in [2.05, 4.69) is 0 Å². The number of rotatable bonds is 6. The molecule has 1 atom stereocenters. The van der Waals surface area contributed by atoms with Crippen LogP contribution in [0.3, 0.4) is 0 Å². The Morgan fingerprint density at radius 2 is 1.71 bits per heavy atom. The number of aliphatic hydroxyl groups excluding tert-OH is 2. The third kappa shape index (κ3) is 10.5. The zero-order valence-electron chi connectivity index (χ0n) is 10.6. The Balaban J connectivity index is 4.30. The van der Waals surface area contributed by atoms with Crippen LogP contribution in [0.25, 0.3) is 0 Å². The molecule has 2 N–H and O–H groups in total. The summed E-state index contributed by atoms with van der Waals surface area (Å²) in [5, 5.41) is 18.0. The minimum Gasteiger partial charge on any atom is -0.394 e. The van der Waals surface area contributed by atoms with Gasteiger partial charge in [-0.2, -0.15) is 13.2 Å². The predicted molar refractivity (Wildman–Crippen MR) is 59.7 cm³/mol. The van der Waals surface area contributed by atoms with Crippen molar-refractivity contribution in [1.82, 2.24) is 4.90 Å². The third-order valence-electron chi connectivity index (χ3n) is 2.09. The van der Waals surface area contributed by atoms with Crippen LogP contribution >= 0.6 is 0 Å². The highest BCUT2D eigenvalue weighted by molar-refractivity contribution is 4.72. The first kappa shape index (κ1) is 16.7. The normalized spacial score (nSPS) is 15.4. The van der Waals surface area contributed by atoms with Crippen molar-refractivity contribution >= 4 is 0 Å². The number of hydrogen-bond acceptors (Lipinski definition) is 3. The molecule has 0 unspecified atom stereocenters. The van der Waals surface area contributed by atoms with Crippen LogP contribution in [0.5, 0.6) is 0 Å². The first-order valence-corrected chi connectivity index (χ1v) is 5.61. The van der Waals surface area contributed by atoms with E-state index in [1.165, 1.54) is 4.90 Å². The molecule has 0 radical (unpaired) electrons. The molecule has 0 aromatic carbocycles.